The molecule has 0 bridgehead atoms. The molecule has 4 rings (SSSR count). The van der Waals surface area contributed by atoms with Crippen molar-refractivity contribution < 1.29 is 18.3 Å². The predicted octanol–water partition coefficient (Wildman–Crippen LogP) is 1.93. The molecule has 144 valence electrons. The van der Waals surface area contributed by atoms with E-state index in [9.17, 15) is 13.5 Å². The molecule has 0 amide bonds. The summed E-state index contributed by atoms with van der Waals surface area (Å²) >= 11 is 0. The first-order valence-electron chi connectivity index (χ1n) is 9.27. The van der Waals surface area contributed by atoms with Gasteiger partial charge >= 0.3 is 0 Å². The fourth-order valence-corrected chi connectivity index (χ4v) is 5.23. The van der Waals surface area contributed by atoms with Gasteiger partial charge in [-0.3, -0.25) is 0 Å². The Kier molecular flexibility index (Phi) is 5.08. The van der Waals surface area contributed by atoms with E-state index in [1.54, 1.807) is 18.2 Å². The van der Waals surface area contributed by atoms with Crippen molar-refractivity contribution in [2.45, 2.75) is 36.2 Å². The third-order valence-electron chi connectivity index (χ3n) is 5.22. The van der Waals surface area contributed by atoms with Crippen LogP contribution in [0.3, 0.4) is 0 Å². The molecule has 2 heterocycles. The van der Waals surface area contributed by atoms with Gasteiger partial charge in [-0.05, 0) is 37.0 Å². The zero-order chi connectivity index (χ0) is 18.9. The molecule has 6 nitrogen and oxygen atoms in total. The van der Waals surface area contributed by atoms with Gasteiger partial charge in [0, 0.05) is 18.3 Å². The third kappa shape index (κ3) is 3.81. The van der Waals surface area contributed by atoms with E-state index in [1.165, 1.54) is 0 Å². The molecule has 2 aliphatic heterocycles. The lowest BCUT2D eigenvalue weighted by atomic mass is 10.1. The SMILES string of the molecule is O=S1(=O)N[C@@H](Cc2ccccc2)COc2cc(N3CCC[C@@H]3CO)ccc21. The molecule has 2 atom stereocenters. The Hall–Kier alpha value is -2.09. The van der Waals surface area contributed by atoms with Crippen LogP contribution in [0.2, 0.25) is 0 Å². The quantitative estimate of drug-likeness (QED) is 0.837. The minimum atomic E-state index is -3.65. The van der Waals surface area contributed by atoms with Crippen LogP contribution in [0.1, 0.15) is 18.4 Å². The highest BCUT2D eigenvalue weighted by Crippen LogP contribution is 2.34. The minimum absolute atomic E-state index is 0.0781. The van der Waals surface area contributed by atoms with Gasteiger partial charge in [0.05, 0.1) is 18.7 Å². The molecule has 1 fully saturated rings. The highest BCUT2D eigenvalue weighted by atomic mass is 32.2. The molecule has 0 aromatic heterocycles. The highest BCUT2D eigenvalue weighted by molar-refractivity contribution is 7.89. The Labute approximate surface area is 159 Å². The van der Waals surface area contributed by atoms with Crippen LogP contribution >= 0.6 is 0 Å². The van der Waals surface area contributed by atoms with Crippen molar-refractivity contribution in [3.05, 3.63) is 54.1 Å². The maximum absolute atomic E-state index is 12.8. The molecule has 2 aromatic carbocycles. The molecular formula is C20H24N2O4S. The number of benzene rings is 2. The summed E-state index contributed by atoms with van der Waals surface area (Å²) in [4.78, 5) is 2.29. The van der Waals surface area contributed by atoms with Gasteiger partial charge in [0.2, 0.25) is 10.0 Å². The molecule has 0 radical (unpaired) electrons. The summed E-state index contributed by atoms with van der Waals surface area (Å²) in [6.07, 6.45) is 2.52. The number of aliphatic hydroxyl groups excluding tert-OH is 1. The van der Waals surface area contributed by atoms with Crippen molar-refractivity contribution in [3.8, 4) is 5.75 Å². The summed E-state index contributed by atoms with van der Waals surface area (Å²) in [6.45, 7) is 1.22. The largest absolute Gasteiger partial charge is 0.490 e. The molecule has 1 saturated heterocycles. The topological polar surface area (TPSA) is 78.9 Å². The van der Waals surface area contributed by atoms with E-state index < -0.39 is 10.0 Å². The van der Waals surface area contributed by atoms with E-state index >= 15 is 0 Å². The summed E-state index contributed by atoms with van der Waals surface area (Å²) < 4.78 is 34.3. The molecule has 2 N–H and O–H groups in total. The average molecular weight is 388 g/mol. The number of sulfonamides is 1. The molecule has 7 heteroatoms. The zero-order valence-electron chi connectivity index (χ0n) is 15.0. The Morgan fingerprint density at radius 1 is 1.19 bits per heavy atom. The summed E-state index contributed by atoms with van der Waals surface area (Å²) in [5, 5.41) is 9.56. The normalized spacial score (nSPS) is 24.1. The monoisotopic (exact) mass is 388 g/mol. The van der Waals surface area contributed by atoms with Crippen LogP contribution in [0.4, 0.5) is 5.69 Å². The van der Waals surface area contributed by atoms with E-state index in [0.717, 1.165) is 30.6 Å². The predicted molar refractivity (Wildman–Crippen MR) is 104 cm³/mol. The van der Waals surface area contributed by atoms with Gasteiger partial charge in [-0.2, -0.15) is 0 Å². The number of anilines is 1. The third-order valence-corrected chi connectivity index (χ3v) is 6.78. The lowest BCUT2D eigenvalue weighted by molar-refractivity contribution is 0.266. The van der Waals surface area contributed by atoms with Gasteiger partial charge in [-0.25, -0.2) is 13.1 Å². The fourth-order valence-electron chi connectivity index (χ4n) is 3.88. The first-order chi connectivity index (χ1) is 13.1. The van der Waals surface area contributed by atoms with E-state index in [1.807, 2.05) is 30.3 Å². The summed E-state index contributed by atoms with van der Waals surface area (Å²) in [6, 6.07) is 14.7. The smallest absolute Gasteiger partial charge is 0.244 e. The number of rotatable bonds is 4. The van der Waals surface area contributed by atoms with E-state index in [2.05, 4.69) is 9.62 Å². The van der Waals surface area contributed by atoms with Gasteiger partial charge < -0.3 is 14.7 Å². The number of fused-ring (bicyclic) bond motifs is 1. The summed E-state index contributed by atoms with van der Waals surface area (Å²) in [5.74, 6) is 0.374. The second-order valence-corrected chi connectivity index (χ2v) is 8.80. The number of nitrogens with one attached hydrogen (secondary N) is 1. The lowest BCUT2D eigenvalue weighted by Crippen LogP contribution is -2.38. The van der Waals surface area contributed by atoms with Crippen molar-refractivity contribution in [1.82, 2.24) is 4.72 Å². The molecule has 0 spiro atoms. The first-order valence-corrected chi connectivity index (χ1v) is 10.8. The second-order valence-electron chi connectivity index (χ2n) is 7.12. The van der Waals surface area contributed by atoms with Crippen LogP contribution in [0, 0.1) is 0 Å². The Bertz CT molecular complexity index is 901. The van der Waals surface area contributed by atoms with Crippen molar-refractivity contribution >= 4 is 15.7 Å². The van der Waals surface area contributed by atoms with Crippen molar-refractivity contribution in [1.29, 1.82) is 0 Å². The molecule has 0 aliphatic carbocycles. The van der Waals surface area contributed by atoms with Gasteiger partial charge in [0.15, 0.2) is 0 Å². The standard InChI is InChI=1S/C20H24N2O4S/c23-13-18-7-4-10-22(18)17-8-9-20-19(12-17)26-14-16(21-27(20,24)25)11-15-5-2-1-3-6-15/h1-3,5-6,8-9,12,16,18,21,23H,4,7,10-11,13-14H2/t16-,18+/m0/s1. The number of hydrogen-bond acceptors (Lipinski definition) is 5. The van der Waals surface area contributed by atoms with Crippen LogP contribution in [-0.4, -0.2) is 45.4 Å². The Morgan fingerprint density at radius 2 is 2.00 bits per heavy atom. The van der Waals surface area contributed by atoms with E-state index in [0.29, 0.717) is 12.2 Å². The Balaban J connectivity index is 1.59. The van der Waals surface area contributed by atoms with Gasteiger partial charge in [-0.15, -0.1) is 0 Å². The fraction of sp³-hybridized carbons (Fsp3) is 0.400. The minimum Gasteiger partial charge on any atom is -0.490 e. The summed E-state index contributed by atoms with van der Waals surface area (Å²) in [5.41, 5.74) is 1.95. The molecular weight excluding hydrogens is 364 g/mol. The van der Waals surface area contributed by atoms with E-state index in [4.69, 9.17) is 4.74 Å². The Morgan fingerprint density at radius 3 is 2.78 bits per heavy atom. The van der Waals surface area contributed by atoms with Gasteiger partial charge in [0.25, 0.3) is 0 Å². The van der Waals surface area contributed by atoms with Gasteiger partial charge in [-0.1, -0.05) is 30.3 Å². The second kappa shape index (κ2) is 7.50. The van der Waals surface area contributed by atoms with Crippen LogP contribution in [0.15, 0.2) is 53.4 Å². The van der Waals surface area contributed by atoms with Crippen LogP contribution in [0.5, 0.6) is 5.75 Å². The first kappa shape index (κ1) is 18.3. The number of ether oxygens (including phenoxy) is 1. The van der Waals surface area contributed by atoms with Gasteiger partial charge in [0.1, 0.15) is 17.3 Å². The van der Waals surface area contributed by atoms with Crippen LogP contribution in [0.25, 0.3) is 0 Å². The van der Waals surface area contributed by atoms with Crippen molar-refractivity contribution in [2.24, 2.45) is 0 Å². The number of hydrogen-bond donors (Lipinski definition) is 2. The highest BCUT2D eigenvalue weighted by Gasteiger charge is 2.30. The number of nitrogens with zero attached hydrogens (tertiary/aromatic N) is 1. The zero-order valence-corrected chi connectivity index (χ0v) is 15.9. The molecule has 2 aliphatic rings. The van der Waals surface area contributed by atoms with E-state index in [-0.39, 0.29) is 30.2 Å². The number of aliphatic hydroxyl groups is 1. The average Bonchev–Trinajstić information content (AvgIpc) is 3.10. The summed E-state index contributed by atoms with van der Waals surface area (Å²) in [7, 11) is -3.65. The van der Waals surface area contributed by atoms with Crippen LogP contribution in [-0.2, 0) is 16.4 Å². The van der Waals surface area contributed by atoms with Crippen LogP contribution < -0.4 is 14.4 Å². The molecule has 27 heavy (non-hydrogen) atoms. The van der Waals surface area contributed by atoms with Crippen molar-refractivity contribution in [3.63, 3.8) is 0 Å². The molecule has 0 unspecified atom stereocenters. The lowest BCUT2D eigenvalue weighted by Gasteiger charge is -2.26. The maximum Gasteiger partial charge on any atom is 0.244 e. The maximum atomic E-state index is 12.8. The molecule has 2 aromatic rings. The van der Waals surface area contributed by atoms with Crippen molar-refractivity contribution in [2.75, 3.05) is 24.7 Å². The molecule has 0 saturated carbocycles.